The van der Waals surface area contributed by atoms with Crippen molar-refractivity contribution in [2.24, 2.45) is 4.99 Å². The van der Waals surface area contributed by atoms with Gasteiger partial charge in [-0.15, -0.1) is 0 Å². The van der Waals surface area contributed by atoms with Crippen LogP contribution in [0, 0.1) is 0 Å². The normalized spacial score (nSPS) is 16.9. The standard InChI is InChI=1S/C41H60N8O6/c1-4-25-52-29-30-53-26-11-21-42-38(51)35-16-18-36(19-17-35)46-39-47-40(49(3)41(2,48-39)45-22-20-33-12-7-5-8-13-33)44-24-28-55-32-31-54-27-23-43-37(50)34-14-9-6-10-15-34/h5-10,12-19,40,44-45H,4,11,20-32H2,1-3H3,(H,42,51)(H,43,50)(H2,46,47,48)/t40?,41-/m1/s1. The first kappa shape index (κ1) is 43.3. The van der Waals surface area contributed by atoms with Gasteiger partial charge in [-0.2, -0.15) is 0 Å². The van der Waals surface area contributed by atoms with Crippen molar-refractivity contribution in [2.45, 2.75) is 45.2 Å². The zero-order chi connectivity index (χ0) is 39.0. The molecule has 0 spiro atoms. The maximum atomic E-state index is 12.7. The number of hydrogen-bond acceptors (Lipinski definition) is 12. The van der Waals surface area contributed by atoms with Gasteiger partial charge in [0.05, 0.1) is 39.6 Å². The van der Waals surface area contributed by atoms with Crippen LogP contribution in [0.3, 0.4) is 0 Å². The zero-order valence-corrected chi connectivity index (χ0v) is 32.6. The van der Waals surface area contributed by atoms with Crippen LogP contribution >= 0.6 is 0 Å². The first-order chi connectivity index (χ1) is 26.9. The van der Waals surface area contributed by atoms with Gasteiger partial charge in [0.25, 0.3) is 11.8 Å². The van der Waals surface area contributed by atoms with Gasteiger partial charge in [-0.1, -0.05) is 55.5 Å². The molecule has 1 aliphatic rings. The number of nitrogens with zero attached hydrogens (tertiary/aromatic N) is 2. The van der Waals surface area contributed by atoms with Crippen molar-refractivity contribution in [1.29, 1.82) is 0 Å². The summed E-state index contributed by atoms with van der Waals surface area (Å²) in [5, 5.41) is 19.9. The second kappa shape index (κ2) is 24.9. The van der Waals surface area contributed by atoms with E-state index in [1.807, 2.05) is 43.4 Å². The second-order valence-electron chi connectivity index (χ2n) is 13.2. The number of ether oxygens (including phenoxy) is 4. The molecule has 3 aromatic rings. The second-order valence-corrected chi connectivity index (χ2v) is 13.2. The number of amides is 2. The molecule has 300 valence electrons. The van der Waals surface area contributed by atoms with E-state index in [-0.39, 0.29) is 18.1 Å². The number of hydrogen-bond donors (Lipinski definition) is 6. The molecule has 2 atom stereocenters. The molecule has 0 bridgehead atoms. The summed E-state index contributed by atoms with van der Waals surface area (Å²) in [6.07, 6.45) is 2.21. The Morgan fingerprint density at radius 3 is 1.96 bits per heavy atom. The monoisotopic (exact) mass is 760 g/mol. The van der Waals surface area contributed by atoms with E-state index in [2.05, 4.69) is 74.9 Å². The predicted octanol–water partition coefficient (Wildman–Crippen LogP) is 3.40. The summed E-state index contributed by atoms with van der Waals surface area (Å²) in [7, 11) is 2.01. The van der Waals surface area contributed by atoms with Gasteiger partial charge >= 0.3 is 0 Å². The first-order valence-electron chi connectivity index (χ1n) is 19.3. The maximum Gasteiger partial charge on any atom is 0.251 e. The number of guanidine groups is 1. The third kappa shape index (κ3) is 16.1. The minimum absolute atomic E-state index is 0.117. The molecular weight excluding hydrogens is 701 g/mol. The molecule has 3 aromatic carbocycles. The van der Waals surface area contributed by atoms with E-state index in [1.54, 1.807) is 24.3 Å². The molecule has 0 saturated carbocycles. The van der Waals surface area contributed by atoms with E-state index in [0.717, 1.165) is 38.1 Å². The highest BCUT2D eigenvalue weighted by Gasteiger charge is 2.38. The summed E-state index contributed by atoms with van der Waals surface area (Å²) in [6, 6.07) is 26.8. The minimum Gasteiger partial charge on any atom is -0.379 e. The van der Waals surface area contributed by atoms with Gasteiger partial charge in [0.1, 0.15) is 5.79 Å². The summed E-state index contributed by atoms with van der Waals surface area (Å²) in [4.78, 5) is 31.9. The van der Waals surface area contributed by atoms with E-state index in [1.165, 1.54) is 5.56 Å². The molecule has 0 fully saturated rings. The molecule has 0 aromatic heterocycles. The Morgan fingerprint density at radius 1 is 0.709 bits per heavy atom. The number of benzene rings is 3. The molecule has 0 radical (unpaired) electrons. The van der Waals surface area contributed by atoms with Crippen molar-refractivity contribution in [2.75, 3.05) is 91.4 Å². The highest BCUT2D eigenvalue weighted by Crippen LogP contribution is 2.17. The highest BCUT2D eigenvalue weighted by molar-refractivity contribution is 5.97. The minimum atomic E-state index is -0.646. The largest absolute Gasteiger partial charge is 0.379 e. The van der Waals surface area contributed by atoms with Gasteiger partial charge in [-0.05, 0) is 75.2 Å². The van der Waals surface area contributed by atoms with Crippen LogP contribution in [0.2, 0.25) is 0 Å². The van der Waals surface area contributed by atoms with Gasteiger partial charge in [-0.3, -0.25) is 20.2 Å². The average molecular weight is 761 g/mol. The average Bonchev–Trinajstić information content (AvgIpc) is 3.20. The van der Waals surface area contributed by atoms with Crippen molar-refractivity contribution in [3.8, 4) is 0 Å². The van der Waals surface area contributed by atoms with E-state index in [4.69, 9.17) is 23.9 Å². The number of aliphatic imine (C=N–C) groups is 1. The van der Waals surface area contributed by atoms with Crippen LogP contribution in [-0.4, -0.2) is 121 Å². The summed E-state index contributed by atoms with van der Waals surface area (Å²) < 4.78 is 22.4. The molecule has 0 aliphatic carbocycles. The van der Waals surface area contributed by atoms with Crippen LogP contribution in [0.1, 0.15) is 53.0 Å². The van der Waals surface area contributed by atoms with Gasteiger partial charge in [0.2, 0.25) is 5.96 Å². The van der Waals surface area contributed by atoms with Crippen molar-refractivity contribution >= 4 is 23.5 Å². The third-order valence-corrected chi connectivity index (χ3v) is 8.81. The van der Waals surface area contributed by atoms with Gasteiger partial charge in [0, 0.05) is 56.2 Å². The summed E-state index contributed by atoms with van der Waals surface area (Å²) in [5.41, 5.74) is 3.24. The van der Waals surface area contributed by atoms with Gasteiger partial charge in [-0.25, -0.2) is 9.89 Å². The van der Waals surface area contributed by atoms with E-state index in [0.29, 0.717) is 83.0 Å². The molecule has 14 nitrogen and oxygen atoms in total. The fraction of sp³-hybridized carbons (Fsp3) is 0.488. The molecule has 0 saturated heterocycles. The molecule has 4 rings (SSSR count). The molecule has 1 unspecified atom stereocenters. The van der Waals surface area contributed by atoms with Crippen molar-refractivity contribution in [3.63, 3.8) is 0 Å². The SMILES string of the molecule is CCCOCCOCCCNC(=O)c1ccc(NC2=NC(NCCOCCOCCNC(=O)c3ccccc3)N(C)[C@](C)(NCCc3ccccc3)N2)cc1. The number of nitrogens with one attached hydrogen (secondary N) is 6. The van der Waals surface area contributed by atoms with Crippen LogP contribution in [-0.2, 0) is 25.4 Å². The number of carbonyl (C=O) groups excluding carboxylic acids is 2. The quantitative estimate of drug-likeness (QED) is 0.0667. The lowest BCUT2D eigenvalue weighted by molar-refractivity contribution is 0.0123. The first-order valence-corrected chi connectivity index (χ1v) is 19.3. The molecule has 1 heterocycles. The van der Waals surface area contributed by atoms with E-state index >= 15 is 0 Å². The zero-order valence-electron chi connectivity index (χ0n) is 32.6. The number of rotatable bonds is 26. The van der Waals surface area contributed by atoms with Crippen LogP contribution < -0.4 is 31.9 Å². The Morgan fingerprint density at radius 2 is 1.29 bits per heavy atom. The lowest BCUT2D eigenvalue weighted by Crippen LogP contribution is -2.73. The Hall–Kier alpha value is -4.41. The molecular formula is C41H60N8O6. The summed E-state index contributed by atoms with van der Waals surface area (Å²) in [6.45, 7) is 10.6. The smallest absolute Gasteiger partial charge is 0.251 e. The van der Waals surface area contributed by atoms with Crippen LogP contribution in [0.5, 0.6) is 0 Å². The highest BCUT2D eigenvalue weighted by atomic mass is 16.5. The molecule has 6 N–H and O–H groups in total. The van der Waals surface area contributed by atoms with Crippen LogP contribution in [0.4, 0.5) is 5.69 Å². The van der Waals surface area contributed by atoms with Crippen molar-refractivity contribution in [1.82, 2.24) is 31.5 Å². The van der Waals surface area contributed by atoms with Gasteiger partial charge in [0.15, 0.2) is 6.29 Å². The van der Waals surface area contributed by atoms with Crippen LogP contribution in [0.15, 0.2) is 89.9 Å². The lowest BCUT2D eigenvalue weighted by atomic mass is 10.1. The fourth-order valence-electron chi connectivity index (χ4n) is 5.61. The predicted molar refractivity (Wildman–Crippen MR) is 216 cm³/mol. The number of anilines is 1. The topological polar surface area (TPSA) is 159 Å². The molecule has 2 amide bonds. The maximum absolute atomic E-state index is 12.7. The third-order valence-electron chi connectivity index (χ3n) is 8.81. The fourth-order valence-corrected chi connectivity index (χ4v) is 5.61. The van der Waals surface area contributed by atoms with Crippen molar-refractivity contribution < 1.29 is 28.5 Å². The lowest BCUT2D eigenvalue weighted by Gasteiger charge is -2.47. The molecule has 14 heteroatoms. The Bertz CT molecular complexity index is 1550. The Balaban J connectivity index is 1.22. The molecule has 55 heavy (non-hydrogen) atoms. The van der Waals surface area contributed by atoms with E-state index < -0.39 is 5.79 Å². The Labute approximate surface area is 326 Å². The molecule has 1 aliphatic heterocycles. The summed E-state index contributed by atoms with van der Waals surface area (Å²) >= 11 is 0. The van der Waals surface area contributed by atoms with Crippen LogP contribution in [0.25, 0.3) is 0 Å². The van der Waals surface area contributed by atoms with E-state index in [9.17, 15) is 9.59 Å². The van der Waals surface area contributed by atoms with Crippen molar-refractivity contribution in [3.05, 3.63) is 102 Å². The number of carbonyl (C=O) groups is 2. The summed E-state index contributed by atoms with van der Waals surface area (Å²) in [5.74, 6) is -0.314. The van der Waals surface area contributed by atoms with Gasteiger partial charge < -0.3 is 40.2 Å². The Kier molecular flexibility index (Phi) is 19.6.